The molecule has 1 saturated heterocycles. The van der Waals surface area contributed by atoms with E-state index in [0.29, 0.717) is 32.5 Å². The predicted molar refractivity (Wildman–Crippen MR) is 98.3 cm³/mol. The molecule has 0 aromatic heterocycles. The Morgan fingerprint density at radius 1 is 1.08 bits per heavy atom. The number of likely N-dealkylation sites (tertiary alicyclic amines) is 1. The first kappa shape index (κ1) is 18.4. The van der Waals surface area contributed by atoms with Crippen molar-refractivity contribution in [3.05, 3.63) is 70.5 Å². The molecule has 2 aromatic carbocycles. The number of nitrogens with zero attached hydrogens (tertiary/aromatic N) is 1. The van der Waals surface area contributed by atoms with Crippen molar-refractivity contribution in [2.75, 3.05) is 13.1 Å². The highest BCUT2D eigenvalue weighted by atomic mass is 35.5. The van der Waals surface area contributed by atoms with Crippen molar-refractivity contribution in [2.45, 2.75) is 19.4 Å². The third-order valence-electron chi connectivity index (χ3n) is 4.64. The van der Waals surface area contributed by atoms with Crippen LogP contribution in [0, 0.1) is 11.7 Å². The summed E-state index contributed by atoms with van der Waals surface area (Å²) in [7, 11) is 0. The molecule has 26 heavy (non-hydrogen) atoms. The second kappa shape index (κ2) is 8.32. The highest BCUT2D eigenvalue weighted by molar-refractivity contribution is 6.33. The highest BCUT2D eigenvalue weighted by Crippen LogP contribution is 2.24. The van der Waals surface area contributed by atoms with E-state index < -0.39 is 11.7 Å². The number of benzene rings is 2. The number of amides is 2. The van der Waals surface area contributed by atoms with Crippen molar-refractivity contribution in [1.29, 1.82) is 0 Å². The SMILES string of the molecule is O=C(NCc1ccccc1)C1CCN(C(=O)c2c(F)cccc2Cl)CC1. The van der Waals surface area contributed by atoms with Gasteiger partial charge in [0.15, 0.2) is 0 Å². The van der Waals surface area contributed by atoms with E-state index in [9.17, 15) is 14.0 Å². The molecule has 2 aromatic rings. The van der Waals surface area contributed by atoms with E-state index in [4.69, 9.17) is 11.6 Å². The number of carbonyl (C=O) groups excluding carboxylic acids is 2. The van der Waals surface area contributed by atoms with Crippen LogP contribution in [0.3, 0.4) is 0 Å². The summed E-state index contributed by atoms with van der Waals surface area (Å²) >= 11 is 5.97. The Bertz CT molecular complexity index is 769. The minimum absolute atomic E-state index is 0.00937. The summed E-state index contributed by atoms with van der Waals surface area (Å²) in [5, 5.41) is 3.05. The fourth-order valence-electron chi connectivity index (χ4n) is 3.13. The summed E-state index contributed by atoms with van der Waals surface area (Å²) in [5.74, 6) is -1.19. The molecule has 1 heterocycles. The number of hydrogen-bond donors (Lipinski definition) is 1. The van der Waals surface area contributed by atoms with Gasteiger partial charge in [-0.2, -0.15) is 0 Å². The quantitative estimate of drug-likeness (QED) is 0.888. The number of carbonyl (C=O) groups is 2. The molecule has 0 aliphatic carbocycles. The maximum Gasteiger partial charge on any atom is 0.258 e. The average molecular weight is 375 g/mol. The zero-order valence-electron chi connectivity index (χ0n) is 14.3. The smallest absolute Gasteiger partial charge is 0.258 e. The zero-order valence-corrected chi connectivity index (χ0v) is 15.0. The summed E-state index contributed by atoms with van der Waals surface area (Å²) in [6.45, 7) is 1.31. The van der Waals surface area contributed by atoms with Crippen LogP contribution in [0.25, 0.3) is 0 Å². The molecule has 0 atom stereocenters. The molecule has 6 heteroatoms. The minimum Gasteiger partial charge on any atom is -0.352 e. The Morgan fingerprint density at radius 3 is 2.42 bits per heavy atom. The van der Waals surface area contributed by atoms with Gasteiger partial charge in [-0.15, -0.1) is 0 Å². The molecular formula is C20H20ClFN2O2. The molecule has 1 fully saturated rings. The van der Waals surface area contributed by atoms with Crippen molar-refractivity contribution in [3.8, 4) is 0 Å². The lowest BCUT2D eigenvalue weighted by molar-refractivity contribution is -0.126. The Morgan fingerprint density at radius 2 is 1.77 bits per heavy atom. The van der Waals surface area contributed by atoms with Gasteiger partial charge in [-0.25, -0.2) is 4.39 Å². The van der Waals surface area contributed by atoms with Gasteiger partial charge in [0.1, 0.15) is 5.82 Å². The molecule has 4 nitrogen and oxygen atoms in total. The van der Waals surface area contributed by atoms with E-state index in [1.807, 2.05) is 30.3 Å². The molecule has 1 aliphatic heterocycles. The second-order valence-corrected chi connectivity index (χ2v) is 6.77. The van der Waals surface area contributed by atoms with Crippen molar-refractivity contribution in [1.82, 2.24) is 10.2 Å². The van der Waals surface area contributed by atoms with Crippen LogP contribution in [0.2, 0.25) is 5.02 Å². The van der Waals surface area contributed by atoms with E-state index in [1.165, 1.54) is 18.2 Å². The highest BCUT2D eigenvalue weighted by Gasteiger charge is 2.29. The number of rotatable bonds is 4. The van der Waals surface area contributed by atoms with E-state index in [0.717, 1.165) is 5.56 Å². The third kappa shape index (κ3) is 4.22. The average Bonchev–Trinajstić information content (AvgIpc) is 2.67. The van der Waals surface area contributed by atoms with Crippen LogP contribution in [0.4, 0.5) is 4.39 Å². The van der Waals surface area contributed by atoms with Crippen LogP contribution in [0.5, 0.6) is 0 Å². The maximum absolute atomic E-state index is 13.9. The van der Waals surface area contributed by atoms with E-state index in [1.54, 1.807) is 4.90 Å². The lowest BCUT2D eigenvalue weighted by Crippen LogP contribution is -2.43. The third-order valence-corrected chi connectivity index (χ3v) is 4.95. The summed E-state index contributed by atoms with van der Waals surface area (Å²) in [5.41, 5.74) is 0.948. The number of halogens is 2. The lowest BCUT2D eigenvalue weighted by atomic mass is 9.95. The molecule has 0 bridgehead atoms. The maximum atomic E-state index is 13.9. The molecule has 0 radical (unpaired) electrons. The van der Waals surface area contributed by atoms with E-state index >= 15 is 0 Å². The molecule has 0 unspecified atom stereocenters. The Hall–Kier alpha value is -2.40. The van der Waals surface area contributed by atoms with E-state index in [-0.39, 0.29) is 22.4 Å². The summed E-state index contributed by atoms with van der Waals surface area (Å²) < 4.78 is 13.9. The molecule has 0 spiro atoms. The topological polar surface area (TPSA) is 49.4 Å². The fraction of sp³-hybridized carbons (Fsp3) is 0.300. The van der Waals surface area contributed by atoms with Gasteiger partial charge in [0.25, 0.3) is 5.91 Å². The van der Waals surface area contributed by atoms with Crippen molar-refractivity contribution in [3.63, 3.8) is 0 Å². The van der Waals surface area contributed by atoms with E-state index in [2.05, 4.69) is 5.32 Å². The Kier molecular flexibility index (Phi) is 5.89. The number of piperidine rings is 1. The van der Waals surface area contributed by atoms with Gasteiger partial charge in [0.05, 0.1) is 10.6 Å². The van der Waals surface area contributed by atoms with Gasteiger partial charge >= 0.3 is 0 Å². The normalized spacial score (nSPS) is 14.9. The molecule has 0 saturated carbocycles. The number of nitrogens with one attached hydrogen (secondary N) is 1. The predicted octanol–water partition coefficient (Wildman–Crippen LogP) is 3.65. The zero-order chi connectivity index (χ0) is 18.5. The minimum atomic E-state index is -0.620. The first-order valence-electron chi connectivity index (χ1n) is 8.61. The second-order valence-electron chi connectivity index (χ2n) is 6.37. The first-order chi connectivity index (χ1) is 12.6. The van der Waals surface area contributed by atoms with Crippen LogP contribution >= 0.6 is 11.6 Å². The van der Waals surface area contributed by atoms with Crippen molar-refractivity contribution >= 4 is 23.4 Å². The number of hydrogen-bond acceptors (Lipinski definition) is 2. The molecular weight excluding hydrogens is 355 g/mol. The van der Waals surface area contributed by atoms with Gasteiger partial charge < -0.3 is 10.2 Å². The van der Waals surface area contributed by atoms with Crippen LogP contribution in [0.15, 0.2) is 48.5 Å². The van der Waals surface area contributed by atoms with Crippen LogP contribution in [0.1, 0.15) is 28.8 Å². The van der Waals surface area contributed by atoms with Crippen molar-refractivity contribution < 1.29 is 14.0 Å². The fourth-order valence-corrected chi connectivity index (χ4v) is 3.38. The van der Waals surface area contributed by atoms with Gasteiger partial charge in [-0.1, -0.05) is 48.0 Å². The monoisotopic (exact) mass is 374 g/mol. The van der Waals surface area contributed by atoms with Crippen LogP contribution in [-0.4, -0.2) is 29.8 Å². The van der Waals surface area contributed by atoms with Crippen molar-refractivity contribution in [2.24, 2.45) is 5.92 Å². The van der Waals surface area contributed by atoms with Gasteiger partial charge in [-0.3, -0.25) is 9.59 Å². The summed E-state index contributed by atoms with van der Waals surface area (Å²) in [6.07, 6.45) is 1.11. The lowest BCUT2D eigenvalue weighted by Gasteiger charge is -2.31. The molecule has 3 rings (SSSR count). The Labute approximate surface area is 157 Å². The van der Waals surface area contributed by atoms with Crippen LogP contribution in [-0.2, 0) is 11.3 Å². The molecule has 2 amide bonds. The van der Waals surface area contributed by atoms with Gasteiger partial charge in [0.2, 0.25) is 5.91 Å². The standard InChI is InChI=1S/C20H20ClFN2O2/c21-16-7-4-8-17(22)18(16)20(26)24-11-9-15(10-12-24)19(25)23-13-14-5-2-1-3-6-14/h1-8,15H,9-13H2,(H,23,25). The summed E-state index contributed by atoms with van der Waals surface area (Å²) in [4.78, 5) is 26.4. The Balaban J connectivity index is 1.54. The summed E-state index contributed by atoms with van der Waals surface area (Å²) in [6, 6.07) is 13.9. The van der Waals surface area contributed by atoms with Gasteiger partial charge in [-0.05, 0) is 30.5 Å². The van der Waals surface area contributed by atoms with Crippen LogP contribution < -0.4 is 5.32 Å². The molecule has 136 valence electrons. The largest absolute Gasteiger partial charge is 0.352 e. The first-order valence-corrected chi connectivity index (χ1v) is 8.99. The molecule has 1 N–H and O–H groups in total. The van der Waals surface area contributed by atoms with Gasteiger partial charge in [0, 0.05) is 25.6 Å². The molecule has 1 aliphatic rings.